The summed E-state index contributed by atoms with van der Waals surface area (Å²) < 4.78 is 29.2. The lowest BCUT2D eigenvalue weighted by Gasteiger charge is -2.26. The number of aryl methyl sites for hydroxylation is 2. The molecule has 0 bridgehead atoms. The van der Waals surface area contributed by atoms with Gasteiger partial charge in [0, 0.05) is 5.69 Å². The summed E-state index contributed by atoms with van der Waals surface area (Å²) in [6.45, 7) is 4.81. The number of benzene rings is 1. The largest absolute Gasteiger partial charge is 0.387 e. The summed E-state index contributed by atoms with van der Waals surface area (Å²) in [4.78, 5) is 30.5. The van der Waals surface area contributed by atoms with E-state index in [1.807, 2.05) is 0 Å². The van der Waals surface area contributed by atoms with Crippen molar-refractivity contribution in [2.75, 3.05) is 4.72 Å². The Kier molecular flexibility index (Phi) is 7.75. The number of anilines is 1. The number of halogens is 1. The van der Waals surface area contributed by atoms with Crippen molar-refractivity contribution in [1.29, 1.82) is 0 Å². The number of pyridine rings is 1. The van der Waals surface area contributed by atoms with Crippen molar-refractivity contribution < 1.29 is 18.0 Å². The monoisotopic (exact) mass is 484 g/mol. The number of oxime groups is 1. The van der Waals surface area contributed by atoms with Crippen molar-refractivity contribution in [2.45, 2.75) is 44.2 Å². The Labute approximate surface area is 190 Å². The summed E-state index contributed by atoms with van der Waals surface area (Å²) in [5, 5.41) is 3.44. The van der Waals surface area contributed by atoms with Crippen LogP contribution in [0.3, 0.4) is 0 Å². The maximum atomic E-state index is 13.2. The van der Waals surface area contributed by atoms with Gasteiger partial charge in [-0.25, -0.2) is 8.42 Å². The number of primary amides is 1. The average molecular weight is 485 g/mol. The maximum Gasteiger partial charge on any atom is 0.275 e. The molecule has 0 radical (unpaired) electrons. The lowest BCUT2D eigenvalue weighted by atomic mass is 10.1. The molecule has 0 fully saturated rings. The van der Waals surface area contributed by atoms with Gasteiger partial charge in [-0.1, -0.05) is 30.7 Å². The van der Waals surface area contributed by atoms with Crippen LogP contribution in [0.15, 0.2) is 45.2 Å². The number of carbonyl (C=O) groups excluding carboxylic acids is 1. The van der Waals surface area contributed by atoms with Crippen LogP contribution in [0, 0.1) is 13.8 Å². The van der Waals surface area contributed by atoms with Crippen LogP contribution >= 0.6 is 11.6 Å². The van der Waals surface area contributed by atoms with Crippen LogP contribution in [-0.2, 0) is 19.7 Å². The van der Waals surface area contributed by atoms with E-state index in [0.29, 0.717) is 11.3 Å². The van der Waals surface area contributed by atoms with Gasteiger partial charge in [0.25, 0.3) is 15.6 Å². The van der Waals surface area contributed by atoms with Gasteiger partial charge < -0.3 is 22.0 Å². The van der Waals surface area contributed by atoms with Gasteiger partial charge >= 0.3 is 0 Å². The number of hydrogen-bond donors (Lipinski definition) is 4. The first-order valence-corrected chi connectivity index (χ1v) is 11.3. The van der Waals surface area contributed by atoms with Crippen LogP contribution < -0.4 is 27.5 Å². The van der Waals surface area contributed by atoms with E-state index in [9.17, 15) is 18.0 Å². The Morgan fingerprint density at radius 1 is 1.22 bits per heavy atom. The number of guanidine groups is 1. The summed E-state index contributed by atoms with van der Waals surface area (Å²) in [7, 11) is -4.22. The molecule has 0 aliphatic rings. The van der Waals surface area contributed by atoms with E-state index < -0.39 is 33.6 Å². The fraction of sp³-hybridized carbons (Fsp3) is 0.316. The highest BCUT2D eigenvalue weighted by molar-refractivity contribution is 7.92. The third kappa shape index (κ3) is 5.32. The number of hydrogen-bond acceptors (Lipinski definition) is 6. The highest BCUT2D eigenvalue weighted by Gasteiger charge is 2.32. The van der Waals surface area contributed by atoms with Gasteiger partial charge in [0.2, 0.25) is 11.9 Å². The van der Waals surface area contributed by atoms with Gasteiger partial charge in [0.1, 0.15) is 10.6 Å². The molecule has 0 spiro atoms. The normalized spacial score (nSPS) is 13.1. The molecule has 1 amide bonds. The smallest absolute Gasteiger partial charge is 0.275 e. The fourth-order valence-electron chi connectivity index (χ4n) is 3.18. The van der Waals surface area contributed by atoms with Crippen molar-refractivity contribution in [3.05, 3.63) is 57.0 Å². The zero-order valence-electron chi connectivity index (χ0n) is 17.7. The van der Waals surface area contributed by atoms with E-state index in [2.05, 4.69) is 9.88 Å². The molecule has 32 heavy (non-hydrogen) atoms. The van der Waals surface area contributed by atoms with Crippen molar-refractivity contribution in [1.82, 2.24) is 4.57 Å². The number of carbonyl (C=O) groups is 1. The Hall–Kier alpha value is -3.25. The molecule has 7 N–H and O–H groups in total. The van der Waals surface area contributed by atoms with E-state index in [1.165, 1.54) is 18.2 Å². The number of aromatic nitrogens is 1. The molecule has 1 aromatic heterocycles. The first-order chi connectivity index (χ1) is 14.9. The SMILES string of the molecule is CCC(ON=C(N)N)C(C(N)=O)n1c(C)ccc(NS(=O)(=O)c2c(C)cccc2Cl)c1=O. The highest BCUT2D eigenvalue weighted by Crippen LogP contribution is 2.27. The van der Waals surface area contributed by atoms with Crippen LogP contribution in [0.25, 0.3) is 0 Å². The predicted molar refractivity (Wildman–Crippen MR) is 122 cm³/mol. The van der Waals surface area contributed by atoms with Gasteiger partial charge in [0.05, 0.1) is 5.02 Å². The number of nitrogens with two attached hydrogens (primary N) is 3. The summed E-state index contributed by atoms with van der Waals surface area (Å²) >= 11 is 6.08. The van der Waals surface area contributed by atoms with Crippen LogP contribution in [0.5, 0.6) is 0 Å². The lowest BCUT2D eigenvalue weighted by molar-refractivity contribution is -0.126. The second-order valence-electron chi connectivity index (χ2n) is 6.97. The molecule has 0 saturated carbocycles. The van der Waals surface area contributed by atoms with Crippen LogP contribution in [0.1, 0.15) is 30.6 Å². The highest BCUT2D eigenvalue weighted by atomic mass is 35.5. The molecule has 2 unspecified atom stereocenters. The molecule has 1 heterocycles. The third-order valence-electron chi connectivity index (χ3n) is 4.62. The van der Waals surface area contributed by atoms with Crippen molar-refractivity contribution >= 4 is 39.2 Å². The summed E-state index contributed by atoms with van der Waals surface area (Å²) in [5.74, 6) is -1.28. The van der Waals surface area contributed by atoms with Crippen molar-refractivity contribution in [3.63, 3.8) is 0 Å². The topological polar surface area (TPSA) is 185 Å². The second kappa shape index (κ2) is 9.92. The molecule has 174 valence electrons. The second-order valence-corrected chi connectivity index (χ2v) is 9.00. The van der Waals surface area contributed by atoms with E-state index in [-0.39, 0.29) is 28.0 Å². The van der Waals surface area contributed by atoms with Crippen LogP contribution in [0.2, 0.25) is 5.02 Å². The molecular weight excluding hydrogens is 460 g/mol. The van der Waals surface area contributed by atoms with Gasteiger partial charge in [-0.05, 0) is 49.2 Å². The molecule has 2 rings (SSSR count). The Bertz CT molecular complexity index is 1190. The van der Waals surface area contributed by atoms with E-state index in [1.54, 1.807) is 32.9 Å². The molecule has 2 atom stereocenters. The molecule has 1 aromatic carbocycles. The summed E-state index contributed by atoms with van der Waals surface area (Å²) in [6, 6.07) is 6.03. The lowest BCUT2D eigenvalue weighted by Crippen LogP contribution is -2.43. The van der Waals surface area contributed by atoms with Gasteiger partial charge in [-0.3, -0.25) is 18.9 Å². The van der Waals surface area contributed by atoms with Crippen molar-refractivity contribution in [3.8, 4) is 0 Å². The van der Waals surface area contributed by atoms with E-state index in [4.69, 9.17) is 33.6 Å². The van der Waals surface area contributed by atoms with E-state index >= 15 is 0 Å². The number of rotatable bonds is 9. The number of sulfonamides is 1. The Morgan fingerprint density at radius 2 is 1.88 bits per heavy atom. The summed E-state index contributed by atoms with van der Waals surface area (Å²) in [6.07, 6.45) is -0.783. The van der Waals surface area contributed by atoms with Crippen molar-refractivity contribution in [2.24, 2.45) is 22.4 Å². The molecule has 13 heteroatoms. The zero-order valence-corrected chi connectivity index (χ0v) is 19.3. The van der Waals surface area contributed by atoms with E-state index in [0.717, 1.165) is 4.57 Å². The quantitative estimate of drug-likeness (QED) is 0.231. The zero-order chi connectivity index (χ0) is 24.2. The first kappa shape index (κ1) is 25.0. The minimum atomic E-state index is -4.22. The Balaban J connectivity index is 2.60. The molecule has 0 aliphatic heterocycles. The molecular formula is C19H25ClN6O5S. The standard InChI is InChI=1S/C19H25ClN6O5S/c1-4-14(31-24-19(22)23)15(17(21)27)26-11(3)8-9-13(18(26)28)25-32(29,30)16-10(2)6-5-7-12(16)20/h5-9,14-15,25H,4H2,1-3H3,(H2,21,27)(H4,22,23,24). The predicted octanol–water partition coefficient (Wildman–Crippen LogP) is 0.929. The minimum absolute atomic E-state index is 0.00312. The van der Waals surface area contributed by atoms with Gasteiger partial charge in [-0.2, -0.15) is 0 Å². The molecule has 11 nitrogen and oxygen atoms in total. The molecule has 2 aromatic rings. The van der Waals surface area contributed by atoms with Crippen LogP contribution in [-0.4, -0.2) is 31.0 Å². The molecule has 0 saturated heterocycles. The maximum absolute atomic E-state index is 13.2. The minimum Gasteiger partial charge on any atom is -0.387 e. The van der Waals surface area contributed by atoms with Crippen LogP contribution in [0.4, 0.5) is 5.69 Å². The number of nitrogens with zero attached hydrogens (tertiary/aromatic N) is 2. The number of nitrogens with one attached hydrogen (secondary N) is 1. The average Bonchev–Trinajstić information content (AvgIpc) is 2.68. The molecule has 0 aliphatic carbocycles. The third-order valence-corrected chi connectivity index (χ3v) is 6.61. The van der Waals surface area contributed by atoms with Gasteiger partial charge in [0.15, 0.2) is 12.1 Å². The van der Waals surface area contributed by atoms with Gasteiger partial charge in [-0.15, -0.1) is 0 Å². The first-order valence-electron chi connectivity index (χ1n) is 9.44. The fourth-order valence-corrected chi connectivity index (χ4v) is 5.07. The number of amides is 1. The summed E-state index contributed by atoms with van der Waals surface area (Å²) in [5.41, 5.74) is 15.7. The Morgan fingerprint density at radius 3 is 2.41 bits per heavy atom.